The Bertz CT molecular complexity index is 209. The lowest BCUT2D eigenvalue weighted by molar-refractivity contribution is 0.303. The molecule has 0 amide bonds. The second-order valence-corrected chi connectivity index (χ2v) is 2.23. The fraction of sp³-hybridized carbons (Fsp3) is 0.250. The van der Waals surface area contributed by atoms with Crippen LogP contribution in [0.3, 0.4) is 0 Å². The van der Waals surface area contributed by atoms with Crippen LogP contribution >= 0.6 is 0 Å². The fourth-order valence-electron chi connectivity index (χ4n) is 1.04. The molecule has 0 N–H and O–H groups in total. The summed E-state index contributed by atoms with van der Waals surface area (Å²) < 4.78 is 5.33. The van der Waals surface area contributed by atoms with Gasteiger partial charge in [0.25, 0.3) is 0 Å². The fourth-order valence-corrected chi connectivity index (χ4v) is 1.04. The zero-order valence-corrected chi connectivity index (χ0v) is 5.58. The molecule has 0 saturated carbocycles. The quantitative estimate of drug-likeness (QED) is 0.535. The van der Waals surface area contributed by atoms with Crippen LogP contribution in [0.15, 0.2) is 18.3 Å². The number of hydrogen-bond donors (Lipinski definition) is 0. The maximum atomic E-state index is 5.33. The number of aromatic nitrogens is 1. The molecule has 0 spiro atoms. The molecule has 51 valence electrons. The van der Waals surface area contributed by atoms with Crippen LogP contribution in [0, 0.1) is 6.42 Å². The first-order valence-corrected chi connectivity index (χ1v) is 3.38. The number of fused-ring (bicyclic) bond motifs is 1. The van der Waals surface area contributed by atoms with Gasteiger partial charge in [0.2, 0.25) is 0 Å². The lowest BCUT2D eigenvalue weighted by Crippen LogP contribution is -2.07. The van der Waals surface area contributed by atoms with E-state index in [9.17, 15) is 0 Å². The monoisotopic (exact) mass is 134 g/mol. The highest BCUT2D eigenvalue weighted by atomic mass is 16.5. The molecule has 0 saturated heterocycles. The summed E-state index contributed by atoms with van der Waals surface area (Å²) in [5, 5.41) is 0. The normalized spacial score (nSPS) is 15.6. The van der Waals surface area contributed by atoms with Gasteiger partial charge in [-0.3, -0.25) is 4.98 Å². The highest BCUT2D eigenvalue weighted by molar-refractivity contribution is 5.33. The molecule has 2 nitrogen and oxygen atoms in total. The molecular formula is C8H8NO. The van der Waals surface area contributed by atoms with Crippen LogP contribution in [-0.4, -0.2) is 11.6 Å². The Hall–Kier alpha value is -1.05. The van der Waals surface area contributed by atoms with Gasteiger partial charge in [0.05, 0.1) is 12.3 Å². The Morgan fingerprint density at radius 1 is 1.50 bits per heavy atom. The van der Waals surface area contributed by atoms with E-state index in [0.29, 0.717) is 0 Å². The topological polar surface area (TPSA) is 22.1 Å². The zero-order valence-electron chi connectivity index (χ0n) is 5.58. The molecule has 0 unspecified atom stereocenters. The average molecular weight is 134 g/mol. The van der Waals surface area contributed by atoms with Crippen molar-refractivity contribution in [2.75, 3.05) is 6.61 Å². The third kappa shape index (κ3) is 0.856. The van der Waals surface area contributed by atoms with Crippen LogP contribution in [0.2, 0.25) is 0 Å². The first kappa shape index (κ1) is 5.71. The molecule has 0 bridgehead atoms. The summed E-state index contributed by atoms with van der Waals surface area (Å²) in [4.78, 5) is 4.14. The second-order valence-electron chi connectivity index (χ2n) is 2.23. The molecule has 0 aliphatic carbocycles. The Morgan fingerprint density at radius 2 is 2.50 bits per heavy atom. The number of hydrogen-bond acceptors (Lipinski definition) is 2. The Balaban J connectivity index is 2.41. The minimum atomic E-state index is 0.790. The van der Waals surface area contributed by atoms with E-state index in [1.165, 1.54) is 0 Å². The van der Waals surface area contributed by atoms with Crippen LogP contribution in [0.1, 0.15) is 12.1 Å². The molecule has 0 aromatic carbocycles. The van der Waals surface area contributed by atoms with Crippen molar-refractivity contribution in [3.05, 3.63) is 30.4 Å². The maximum absolute atomic E-state index is 5.33. The predicted octanol–water partition coefficient (Wildman–Crippen LogP) is 1.42. The van der Waals surface area contributed by atoms with Crippen molar-refractivity contribution in [1.29, 1.82) is 0 Å². The number of rotatable bonds is 0. The van der Waals surface area contributed by atoms with E-state index in [4.69, 9.17) is 4.74 Å². The van der Waals surface area contributed by atoms with Crippen LogP contribution in [0.4, 0.5) is 0 Å². The molecule has 10 heavy (non-hydrogen) atoms. The molecule has 2 heteroatoms. The molecule has 0 fully saturated rings. The van der Waals surface area contributed by atoms with Gasteiger partial charge in [-0.1, -0.05) is 0 Å². The molecule has 0 atom stereocenters. The van der Waals surface area contributed by atoms with Crippen molar-refractivity contribution in [3.8, 4) is 5.75 Å². The van der Waals surface area contributed by atoms with Gasteiger partial charge in [-0.25, -0.2) is 0 Å². The SMILES string of the molecule is [CH]1CCOc2cccnc21. The Kier molecular flexibility index (Phi) is 1.31. The van der Waals surface area contributed by atoms with E-state index in [1.807, 2.05) is 12.1 Å². The van der Waals surface area contributed by atoms with Gasteiger partial charge in [-0.05, 0) is 18.6 Å². The third-order valence-corrected chi connectivity index (χ3v) is 1.51. The predicted molar refractivity (Wildman–Crippen MR) is 37.8 cm³/mol. The van der Waals surface area contributed by atoms with E-state index in [1.54, 1.807) is 6.20 Å². The smallest absolute Gasteiger partial charge is 0.141 e. The van der Waals surface area contributed by atoms with E-state index in [-0.39, 0.29) is 0 Å². The molecule has 1 aromatic rings. The Labute approximate surface area is 59.9 Å². The summed E-state index contributed by atoms with van der Waals surface area (Å²) >= 11 is 0. The van der Waals surface area contributed by atoms with Gasteiger partial charge in [0, 0.05) is 12.6 Å². The second kappa shape index (κ2) is 2.29. The van der Waals surface area contributed by atoms with Crippen molar-refractivity contribution in [3.63, 3.8) is 0 Å². The zero-order chi connectivity index (χ0) is 6.81. The van der Waals surface area contributed by atoms with Gasteiger partial charge >= 0.3 is 0 Å². The van der Waals surface area contributed by atoms with Crippen molar-refractivity contribution in [2.24, 2.45) is 0 Å². The molecule has 2 rings (SSSR count). The minimum absolute atomic E-state index is 0.790. The standard InChI is InChI=1S/C8H8NO/c1-4-8-7(9-5-1)3-2-6-10-8/h1,3-5H,2,6H2. The lowest BCUT2D eigenvalue weighted by Gasteiger charge is -2.14. The van der Waals surface area contributed by atoms with E-state index < -0.39 is 0 Å². The average Bonchev–Trinajstić information content (AvgIpc) is 2.05. The summed E-state index contributed by atoms with van der Waals surface area (Å²) in [7, 11) is 0. The first-order valence-electron chi connectivity index (χ1n) is 3.38. The van der Waals surface area contributed by atoms with Crippen LogP contribution in [0.25, 0.3) is 0 Å². The molecular weight excluding hydrogens is 126 g/mol. The maximum Gasteiger partial charge on any atom is 0.141 e. The number of ether oxygens (including phenoxy) is 1. The molecule has 1 aromatic heterocycles. The molecule has 2 heterocycles. The van der Waals surface area contributed by atoms with Gasteiger partial charge in [-0.15, -0.1) is 0 Å². The van der Waals surface area contributed by atoms with E-state index >= 15 is 0 Å². The van der Waals surface area contributed by atoms with E-state index in [0.717, 1.165) is 24.5 Å². The highest BCUT2D eigenvalue weighted by Gasteiger charge is 2.09. The van der Waals surface area contributed by atoms with Crippen LogP contribution < -0.4 is 4.74 Å². The summed E-state index contributed by atoms with van der Waals surface area (Å²) in [5.74, 6) is 0.911. The Morgan fingerprint density at radius 3 is 3.40 bits per heavy atom. The summed E-state index contributed by atoms with van der Waals surface area (Å²) in [6.45, 7) is 0.790. The minimum Gasteiger partial charge on any atom is -0.492 e. The largest absolute Gasteiger partial charge is 0.492 e. The third-order valence-electron chi connectivity index (χ3n) is 1.51. The number of pyridine rings is 1. The van der Waals surface area contributed by atoms with Crippen molar-refractivity contribution in [1.82, 2.24) is 4.98 Å². The number of nitrogens with zero attached hydrogens (tertiary/aromatic N) is 1. The molecule has 1 aliphatic heterocycles. The summed E-state index contributed by atoms with van der Waals surface area (Å²) in [5.41, 5.74) is 0.980. The van der Waals surface area contributed by atoms with Gasteiger partial charge in [0.15, 0.2) is 0 Å². The van der Waals surface area contributed by atoms with Gasteiger partial charge in [-0.2, -0.15) is 0 Å². The van der Waals surface area contributed by atoms with Crippen LogP contribution in [0.5, 0.6) is 5.75 Å². The lowest BCUT2D eigenvalue weighted by atomic mass is 10.2. The van der Waals surface area contributed by atoms with Crippen LogP contribution in [-0.2, 0) is 0 Å². The van der Waals surface area contributed by atoms with Crippen molar-refractivity contribution < 1.29 is 4.74 Å². The molecule has 1 aliphatic rings. The summed E-state index contributed by atoms with van der Waals surface area (Å²) in [6, 6.07) is 3.83. The van der Waals surface area contributed by atoms with Gasteiger partial charge in [0.1, 0.15) is 5.75 Å². The van der Waals surface area contributed by atoms with E-state index in [2.05, 4.69) is 11.4 Å². The first-order chi connectivity index (χ1) is 4.97. The van der Waals surface area contributed by atoms with Crippen molar-refractivity contribution in [2.45, 2.75) is 6.42 Å². The van der Waals surface area contributed by atoms with Gasteiger partial charge < -0.3 is 4.74 Å². The highest BCUT2D eigenvalue weighted by Crippen LogP contribution is 2.22. The molecule has 1 radical (unpaired) electrons. The van der Waals surface area contributed by atoms with Crippen molar-refractivity contribution >= 4 is 0 Å². The summed E-state index contributed by atoms with van der Waals surface area (Å²) in [6.07, 6.45) is 4.85.